The average molecular weight is 349 g/mol. The number of hydrogen-bond acceptors (Lipinski definition) is 2. The third-order valence-corrected chi connectivity index (χ3v) is 9.09. The van der Waals surface area contributed by atoms with E-state index in [-0.39, 0.29) is 5.66 Å². The molecule has 3 aromatic carbocycles. The molecule has 1 unspecified atom stereocenters. The van der Waals surface area contributed by atoms with Gasteiger partial charge in [-0.05, 0) is 36.4 Å². The Morgan fingerprint density at radius 3 is 1.40 bits per heavy atom. The lowest BCUT2D eigenvalue weighted by Gasteiger charge is -2.31. The van der Waals surface area contributed by atoms with Crippen molar-refractivity contribution in [3.05, 3.63) is 91.0 Å². The highest BCUT2D eigenvalue weighted by molar-refractivity contribution is 7.96. The van der Waals surface area contributed by atoms with Crippen LogP contribution >= 0.6 is 7.26 Å². The van der Waals surface area contributed by atoms with Crippen molar-refractivity contribution in [2.75, 3.05) is 13.7 Å². The van der Waals surface area contributed by atoms with Crippen LogP contribution in [0.2, 0.25) is 0 Å². The fraction of sp³-hybridized carbons (Fsp3) is 0.136. The summed E-state index contributed by atoms with van der Waals surface area (Å²) in [5.74, 6) is 0. The Kier molecular flexibility index (Phi) is 5.75. The molecule has 3 heteroatoms. The van der Waals surface area contributed by atoms with Crippen LogP contribution in [0.4, 0.5) is 0 Å². The summed E-state index contributed by atoms with van der Waals surface area (Å²) < 4.78 is 5.46. The Hall–Kier alpha value is -2.28. The third kappa shape index (κ3) is 3.28. The van der Waals surface area contributed by atoms with Gasteiger partial charge in [-0.1, -0.05) is 54.6 Å². The lowest BCUT2D eigenvalue weighted by Crippen LogP contribution is -2.41. The molecule has 3 rings (SSSR count). The zero-order chi connectivity index (χ0) is 17.5. The van der Waals surface area contributed by atoms with Crippen molar-refractivity contribution in [2.24, 2.45) is 0 Å². The van der Waals surface area contributed by atoms with Crippen LogP contribution in [0.25, 0.3) is 0 Å². The number of benzene rings is 3. The molecule has 1 atom stereocenters. The maximum atomic E-state index is 12.2. The summed E-state index contributed by atoms with van der Waals surface area (Å²) in [7, 11) is -0.514. The van der Waals surface area contributed by atoms with Gasteiger partial charge in [-0.15, -0.1) is 0 Å². The van der Waals surface area contributed by atoms with Crippen LogP contribution in [0.1, 0.15) is 0 Å². The molecule has 25 heavy (non-hydrogen) atoms. The Labute approximate surface area is 149 Å². The highest BCUT2D eigenvalue weighted by Crippen LogP contribution is 2.59. The van der Waals surface area contributed by atoms with E-state index in [9.17, 15) is 4.79 Å². The molecule has 0 radical (unpaired) electrons. The number of ether oxygens (including phenoxy) is 1. The van der Waals surface area contributed by atoms with Crippen molar-refractivity contribution in [3.8, 4) is 0 Å². The quantitative estimate of drug-likeness (QED) is 0.484. The van der Waals surface area contributed by atoms with Crippen molar-refractivity contribution >= 4 is 29.5 Å². The lowest BCUT2D eigenvalue weighted by atomic mass is 10.3. The Balaban J connectivity index is 2.37. The molecular formula is C22H22O2P+. The predicted molar refractivity (Wildman–Crippen MR) is 107 cm³/mol. The summed E-state index contributed by atoms with van der Waals surface area (Å²) in [5, 5.41) is 3.59. The standard InChI is InChI=1S/C22H22O2P/c1-24-18-22(17-23)25(19-11-5-2-6-12-19,20-13-7-3-8-14-20)21-15-9-4-10-16-21/h2-17,22H,18H2,1H3/q+1. The molecule has 0 spiro atoms. The number of carbonyl (C=O) groups is 1. The van der Waals surface area contributed by atoms with E-state index in [1.807, 2.05) is 54.6 Å². The fourth-order valence-corrected chi connectivity index (χ4v) is 7.95. The summed E-state index contributed by atoms with van der Waals surface area (Å²) in [6, 6.07) is 31.2. The van der Waals surface area contributed by atoms with E-state index >= 15 is 0 Å². The number of methoxy groups -OCH3 is 1. The van der Waals surface area contributed by atoms with Gasteiger partial charge in [0, 0.05) is 7.11 Å². The highest BCUT2D eigenvalue weighted by atomic mass is 31.2. The molecule has 0 aliphatic heterocycles. The summed E-state index contributed by atoms with van der Waals surface area (Å²) in [6.45, 7) is 0.399. The average Bonchev–Trinajstić information content (AvgIpc) is 2.70. The fourth-order valence-electron chi connectivity index (χ4n) is 3.42. The lowest BCUT2D eigenvalue weighted by molar-refractivity contribution is -0.108. The normalized spacial score (nSPS) is 12.5. The maximum Gasteiger partial charge on any atom is 0.163 e. The largest absolute Gasteiger partial charge is 0.380 e. The minimum absolute atomic E-state index is 0.232. The summed E-state index contributed by atoms with van der Waals surface area (Å²) in [5.41, 5.74) is -0.232. The van der Waals surface area contributed by atoms with E-state index in [1.165, 1.54) is 15.9 Å². The van der Waals surface area contributed by atoms with E-state index in [0.717, 1.165) is 6.29 Å². The number of hydrogen-bond donors (Lipinski definition) is 0. The number of carbonyl (C=O) groups excluding carboxylic acids is 1. The minimum Gasteiger partial charge on any atom is -0.380 e. The van der Waals surface area contributed by atoms with E-state index in [2.05, 4.69) is 36.4 Å². The van der Waals surface area contributed by atoms with Crippen molar-refractivity contribution in [3.63, 3.8) is 0 Å². The van der Waals surface area contributed by atoms with Gasteiger partial charge >= 0.3 is 0 Å². The van der Waals surface area contributed by atoms with Gasteiger partial charge in [0.15, 0.2) is 11.9 Å². The number of rotatable bonds is 7. The second-order valence-corrected chi connectivity index (χ2v) is 9.55. The molecule has 0 saturated carbocycles. The zero-order valence-corrected chi connectivity index (χ0v) is 15.2. The SMILES string of the molecule is COCC(C=O)[P+](c1ccccc1)(c1ccccc1)c1ccccc1. The zero-order valence-electron chi connectivity index (χ0n) is 14.3. The molecule has 0 bridgehead atoms. The van der Waals surface area contributed by atoms with Crippen LogP contribution in [0, 0.1) is 0 Å². The van der Waals surface area contributed by atoms with Gasteiger partial charge < -0.3 is 4.74 Å². The second kappa shape index (κ2) is 8.20. The minimum atomic E-state index is -2.17. The van der Waals surface area contributed by atoms with Crippen molar-refractivity contribution in [1.82, 2.24) is 0 Å². The summed E-state index contributed by atoms with van der Waals surface area (Å²) >= 11 is 0. The van der Waals surface area contributed by atoms with Gasteiger partial charge in [0.2, 0.25) is 0 Å². The van der Waals surface area contributed by atoms with Crippen LogP contribution in [-0.2, 0) is 9.53 Å². The maximum absolute atomic E-state index is 12.2. The van der Waals surface area contributed by atoms with Gasteiger partial charge in [-0.25, -0.2) is 0 Å². The van der Waals surface area contributed by atoms with Gasteiger partial charge in [0.05, 0.1) is 6.61 Å². The highest BCUT2D eigenvalue weighted by Gasteiger charge is 2.52. The Morgan fingerprint density at radius 2 is 1.12 bits per heavy atom. The van der Waals surface area contributed by atoms with Crippen molar-refractivity contribution in [2.45, 2.75) is 5.66 Å². The van der Waals surface area contributed by atoms with Gasteiger partial charge in [-0.2, -0.15) is 0 Å². The monoisotopic (exact) mass is 349 g/mol. The third-order valence-electron chi connectivity index (χ3n) is 4.48. The first-order valence-corrected chi connectivity index (χ1v) is 10.2. The first-order valence-electron chi connectivity index (χ1n) is 8.34. The molecule has 0 saturated heterocycles. The molecule has 0 aliphatic rings. The van der Waals surface area contributed by atoms with E-state index in [1.54, 1.807) is 7.11 Å². The molecule has 0 aromatic heterocycles. The Bertz CT molecular complexity index is 691. The molecule has 0 heterocycles. The summed E-state index contributed by atoms with van der Waals surface area (Å²) in [6.07, 6.45) is 1.07. The van der Waals surface area contributed by atoms with E-state index < -0.39 is 7.26 Å². The van der Waals surface area contributed by atoms with Crippen LogP contribution < -0.4 is 15.9 Å². The summed E-state index contributed by atoms with van der Waals surface area (Å²) in [4.78, 5) is 12.2. The van der Waals surface area contributed by atoms with Crippen molar-refractivity contribution in [1.29, 1.82) is 0 Å². The van der Waals surface area contributed by atoms with Crippen molar-refractivity contribution < 1.29 is 9.53 Å². The molecule has 126 valence electrons. The topological polar surface area (TPSA) is 26.3 Å². The first-order chi connectivity index (χ1) is 12.3. The van der Waals surface area contributed by atoms with Gasteiger partial charge in [0.1, 0.15) is 23.2 Å². The van der Waals surface area contributed by atoms with Gasteiger partial charge in [0.25, 0.3) is 0 Å². The molecular weight excluding hydrogens is 327 g/mol. The van der Waals surface area contributed by atoms with Crippen LogP contribution in [0.15, 0.2) is 91.0 Å². The van der Waals surface area contributed by atoms with Crippen LogP contribution in [0.5, 0.6) is 0 Å². The molecule has 0 aliphatic carbocycles. The molecule has 0 N–H and O–H groups in total. The molecule has 0 amide bonds. The Morgan fingerprint density at radius 1 is 0.760 bits per heavy atom. The molecule has 2 nitrogen and oxygen atoms in total. The molecule has 0 fully saturated rings. The van der Waals surface area contributed by atoms with Crippen LogP contribution in [0.3, 0.4) is 0 Å². The van der Waals surface area contributed by atoms with Crippen LogP contribution in [-0.4, -0.2) is 25.7 Å². The second-order valence-electron chi connectivity index (χ2n) is 5.89. The van der Waals surface area contributed by atoms with E-state index in [4.69, 9.17) is 4.74 Å². The van der Waals surface area contributed by atoms with E-state index in [0.29, 0.717) is 6.61 Å². The predicted octanol–water partition coefficient (Wildman–Crippen LogP) is 3.19. The van der Waals surface area contributed by atoms with Gasteiger partial charge in [-0.3, -0.25) is 4.79 Å². The molecule has 3 aromatic rings. The smallest absolute Gasteiger partial charge is 0.163 e. The first kappa shape index (κ1) is 17.5. The number of aldehydes is 1.